The van der Waals surface area contributed by atoms with E-state index in [0.29, 0.717) is 17.7 Å². The van der Waals surface area contributed by atoms with Crippen LogP contribution in [0.4, 0.5) is 0 Å². The molecular weight excluding hydrogens is 380 g/mol. The number of amides is 2. The maximum atomic E-state index is 12.3. The fourth-order valence-electron chi connectivity index (χ4n) is 2.95. The molecule has 0 saturated heterocycles. The molecule has 0 aliphatic carbocycles. The molecule has 0 saturated carbocycles. The smallest absolute Gasteiger partial charge is 0.265 e. The van der Waals surface area contributed by atoms with E-state index >= 15 is 0 Å². The van der Waals surface area contributed by atoms with E-state index in [1.165, 1.54) is 0 Å². The number of carbonyl (C=O) groups is 2. The third-order valence-electron chi connectivity index (χ3n) is 4.55. The summed E-state index contributed by atoms with van der Waals surface area (Å²) in [6.07, 6.45) is 0.355. The van der Waals surface area contributed by atoms with Crippen LogP contribution in [0.5, 0.6) is 0 Å². The molecule has 0 bridgehead atoms. The van der Waals surface area contributed by atoms with Gasteiger partial charge in [-0.15, -0.1) is 0 Å². The van der Waals surface area contributed by atoms with Gasteiger partial charge in [-0.05, 0) is 55.2 Å². The van der Waals surface area contributed by atoms with Crippen molar-refractivity contribution in [2.24, 2.45) is 0 Å². The highest BCUT2D eigenvalue weighted by molar-refractivity contribution is 5.97. The van der Waals surface area contributed by atoms with Crippen molar-refractivity contribution < 1.29 is 19.2 Å². The number of hydroxylamine groups is 1. The molecule has 0 unspecified atom stereocenters. The largest absolute Gasteiger partial charge is 0.452 e. The van der Waals surface area contributed by atoms with Gasteiger partial charge in [0.1, 0.15) is 11.8 Å². The van der Waals surface area contributed by atoms with Gasteiger partial charge in [0, 0.05) is 16.7 Å². The maximum Gasteiger partial charge on any atom is 0.265 e. The normalized spacial score (nSPS) is 11.2. The van der Waals surface area contributed by atoms with Crippen molar-refractivity contribution in [1.82, 2.24) is 10.8 Å². The standard InChI is InChI=1S/C24H22N2O4/c1-3-21(24(28)26-29)25-23(27)19-12-9-17(10-13-19)11-14-22-20(15-16(2)30-22)18-7-5-4-6-8-18/h4-10,12-13,15,21,29H,3H2,1-2H3,(H,25,27)(H,26,28)/t21-/m0/s1. The van der Waals surface area contributed by atoms with Crippen LogP contribution >= 0.6 is 0 Å². The van der Waals surface area contributed by atoms with Crippen LogP contribution in [0.1, 0.15) is 40.8 Å². The van der Waals surface area contributed by atoms with Crippen molar-refractivity contribution in [2.45, 2.75) is 26.3 Å². The van der Waals surface area contributed by atoms with Crippen LogP contribution in [0.2, 0.25) is 0 Å². The van der Waals surface area contributed by atoms with Gasteiger partial charge in [-0.3, -0.25) is 14.8 Å². The summed E-state index contributed by atoms with van der Waals surface area (Å²) in [6, 6.07) is 17.8. The minimum absolute atomic E-state index is 0.355. The molecule has 3 aromatic rings. The zero-order chi connectivity index (χ0) is 21.5. The number of hydrogen-bond donors (Lipinski definition) is 3. The van der Waals surface area contributed by atoms with Gasteiger partial charge in [-0.25, -0.2) is 5.48 Å². The summed E-state index contributed by atoms with van der Waals surface area (Å²) in [5.41, 5.74) is 4.63. The second-order valence-corrected chi connectivity index (χ2v) is 6.70. The molecule has 0 radical (unpaired) electrons. The lowest BCUT2D eigenvalue weighted by Gasteiger charge is -2.14. The fraction of sp³-hybridized carbons (Fsp3) is 0.167. The fourth-order valence-corrected chi connectivity index (χ4v) is 2.95. The molecular formula is C24H22N2O4. The van der Waals surface area contributed by atoms with E-state index in [0.717, 1.165) is 22.5 Å². The number of furan rings is 1. The summed E-state index contributed by atoms with van der Waals surface area (Å²) in [7, 11) is 0. The van der Waals surface area contributed by atoms with Gasteiger partial charge in [0.05, 0.1) is 0 Å². The quantitative estimate of drug-likeness (QED) is 0.345. The Labute approximate surface area is 174 Å². The van der Waals surface area contributed by atoms with Gasteiger partial charge >= 0.3 is 0 Å². The Morgan fingerprint density at radius 3 is 2.40 bits per heavy atom. The van der Waals surface area contributed by atoms with E-state index in [1.807, 2.05) is 43.3 Å². The van der Waals surface area contributed by atoms with Crippen molar-refractivity contribution in [2.75, 3.05) is 0 Å². The van der Waals surface area contributed by atoms with Crippen molar-refractivity contribution in [3.63, 3.8) is 0 Å². The molecule has 6 heteroatoms. The minimum atomic E-state index is -0.805. The van der Waals surface area contributed by atoms with Crippen LogP contribution in [-0.4, -0.2) is 23.1 Å². The Morgan fingerprint density at radius 2 is 1.77 bits per heavy atom. The predicted octanol–water partition coefficient (Wildman–Crippen LogP) is 3.67. The number of nitrogens with one attached hydrogen (secondary N) is 2. The first-order chi connectivity index (χ1) is 14.5. The lowest BCUT2D eigenvalue weighted by Crippen LogP contribution is -2.45. The molecule has 1 atom stereocenters. The van der Waals surface area contributed by atoms with Gasteiger partial charge < -0.3 is 9.73 Å². The number of aryl methyl sites for hydroxylation is 1. The third kappa shape index (κ3) is 4.96. The van der Waals surface area contributed by atoms with E-state index in [9.17, 15) is 9.59 Å². The van der Waals surface area contributed by atoms with Gasteiger partial charge in [0.25, 0.3) is 11.8 Å². The summed E-state index contributed by atoms with van der Waals surface area (Å²) in [4.78, 5) is 23.8. The highest BCUT2D eigenvalue weighted by Gasteiger charge is 2.18. The van der Waals surface area contributed by atoms with Crippen LogP contribution in [0.15, 0.2) is 65.1 Å². The molecule has 152 valence electrons. The monoisotopic (exact) mass is 402 g/mol. The molecule has 0 aliphatic rings. The number of carbonyl (C=O) groups excluding carboxylic acids is 2. The van der Waals surface area contributed by atoms with E-state index in [1.54, 1.807) is 36.7 Å². The molecule has 1 aromatic heterocycles. The summed E-state index contributed by atoms with van der Waals surface area (Å²) >= 11 is 0. The van der Waals surface area contributed by atoms with Gasteiger partial charge in [0.15, 0.2) is 5.76 Å². The summed E-state index contributed by atoms with van der Waals surface area (Å²) in [5.74, 6) is 6.42. The van der Waals surface area contributed by atoms with E-state index in [2.05, 4.69) is 17.2 Å². The Bertz CT molecular complexity index is 1090. The second-order valence-electron chi connectivity index (χ2n) is 6.70. The molecule has 3 rings (SSSR count). The van der Waals surface area contributed by atoms with E-state index in [-0.39, 0.29) is 0 Å². The highest BCUT2D eigenvalue weighted by atomic mass is 16.5. The Hall–Kier alpha value is -3.82. The SMILES string of the molecule is CC[C@H](NC(=O)c1ccc(C#Cc2oc(C)cc2-c2ccccc2)cc1)C(=O)NO. The van der Waals surface area contributed by atoms with Crippen LogP contribution < -0.4 is 10.8 Å². The Morgan fingerprint density at radius 1 is 1.07 bits per heavy atom. The number of hydrogen-bond acceptors (Lipinski definition) is 4. The second kappa shape index (κ2) is 9.59. The topological polar surface area (TPSA) is 91.6 Å². The lowest BCUT2D eigenvalue weighted by molar-refractivity contribution is -0.131. The number of benzene rings is 2. The molecule has 0 spiro atoms. The first-order valence-corrected chi connectivity index (χ1v) is 9.54. The molecule has 0 aliphatic heterocycles. The maximum absolute atomic E-state index is 12.3. The molecule has 3 N–H and O–H groups in total. The molecule has 1 heterocycles. The van der Waals surface area contributed by atoms with Gasteiger partial charge in [-0.1, -0.05) is 43.2 Å². The van der Waals surface area contributed by atoms with Crippen LogP contribution in [0.25, 0.3) is 11.1 Å². The van der Waals surface area contributed by atoms with Crippen LogP contribution in [0.3, 0.4) is 0 Å². The zero-order valence-electron chi connectivity index (χ0n) is 16.7. The number of rotatable bonds is 5. The zero-order valence-corrected chi connectivity index (χ0v) is 16.7. The Balaban J connectivity index is 1.76. The molecule has 30 heavy (non-hydrogen) atoms. The molecule has 2 amide bonds. The lowest BCUT2D eigenvalue weighted by atomic mass is 10.1. The first-order valence-electron chi connectivity index (χ1n) is 9.54. The molecule has 0 fully saturated rings. The summed E-state index contributed by atoms with van der Waals surface area (Å²) in [5, 5.41) is 11.3. The van der Waals surface area contributed by atoms with Gasteiger partial charge in [-0.2, -0.15) is 0 Å². The van der Waals surface area contributed by atoms with Crippen LogP contribution in [-0.2, 0) is 4.79 Å². The first kappa shape index (κ1) is 20.9. The average molecular weight is 402 g/mol. The summed E-state index contributed by atoms with van der Waals surface area (Å²) < 4.78 is 5.75. The third-order valence-corrected chi connectivity index (χ3v) is 4.55. The molecule has 2 aromatic carbocycles. The predicted molar refractivity (Wildman–Crippen MR) is 113 cm³/mol. The van der Waals surface area contributed by atoms with E-state index < -0.39 is 17.9 Å². The van der Waals surface area contributed by atoms with Gasteiger partial charge in [0.2, 0.25) is 0 Å². The molecule has 6 nitrogen and oxygen atoms in total. The van der Waals surface area contributed by atoms with Crippen molar-refractivity contribution in [3.05, 3.63) is 83.3 Å². The summed E-state index contributed by atoms with van der Waals surface area (Å²) in [6.45, 7) is 3.62. The Kier molecular flexibility index (Phi) is 6.68. The van der Waals surface area contributed by atoms with Crippen LogP contribution in [0, 0.1) is 18.8 Å². The highest BCUT2D eigenvalue weighted by Crippen LogP contribution is 2.26. The van der Waals surface area contributed by atoms with Crippen molar-refractivity contribution >= 4 is 11.8 Å². The average Bonchev–Trinajstić information content (AvgIpc) is 3.16. The van der Waals surface area contributed by atoms with Crippen molar-refractivity contribution in [3.8, 4) is 23.0 Å². The van der Waals surface area contributed by atoms with E-state index in [4.69, 9.17) is 9.62 Å². The van der Waals surface area contributed by atoms with Crippen molar-refractivity contribution in [1.29, 1.82) is 0 Å². The minimum Gasteiger partial charge on any atom is -0.452 e.